The molecule has 0 heterocycles. The monoisotopic (exact) mass is 444 g/mol. The Kier molecular flexibility index (Phi) is 9.62. The van der Waals surface area contributed by atoms with Crippen molar-refractivity contribution in [3.63, 3.8) is 0 Å². The van der Waals surface area contributed by atoms with Gasteiger partial charge in [-0.25, -0.2) is 0 Å². The summed E-state index contributed by atoms with van der Waals surface area (Å²) in [5.74, 6) is -0.858. The Labute approximate surface area is 190 Å². The van der Waals surface area contributed by atoms with Crippen LogP contribution in [0.25, 0.3) is 10.8 Å². The van der Waals surface area contributed by atoms with E-state index in [1.54, 1.807) is 25.7 Å². The van der Waals surface area contributed by atoms with Crippen LogP contribution in [0.2, 0.25) is 0 Å². The second-order valence-corrected chi connectivity index (χ2v) is 8.59. The van der Waals surface area contributed by atoms with Gasteiger partial charge in [-0.3, -0.25) is 9.59 Å². The summed E-state index contributed by atoms with van der Waals surface area (Å²) in [6.07, 6.45) is -0.784. The number of nitrogens with two attached hydrogens (primary N) is 1. The third-order valence-corrected chi connectivity index (χ3v) is 4.75. The molecule has 1 unspecified atom stereocenters. The number of hydrogen-bond donors (Lipinski definition) is 1. The molecule has 0 spiro atoms. The molecule has 0 aromatic heterocycles. The highest BCUT2D eigenvalue weighted by Crippen LogP contribution is 2.21. The maximum atomic E-state index is 13.3. The van der Waals surface area contributed by atoms with Crippen molar-refractivity contribution in [1.29, 1.82) is 0 Å². The highest BCUT2D eigenvalue weighted by atomic mass is 16.7. The van der Waals surface area contributed by atoms with Gasteiger partial charge in [0.1, 0.15) is 5.60 Å². The molecular formula is C25H36N2O5. The number of ether oxygens (including phenoxy) is 3. The van der Waals surface area contributed by atoms with Crippen LogP contribution in [0, 0.1) is 0 Å². The van der Waals surface area contributed by atoms with E-state index in [9.17, 15) is 9.59 Å². The van der Waals surface area contributed by atoms with Crippen LogP contribution in [0.4, 0.5) is 0 Å². The van der Waals surface area contributed by atoms with Gasteiger partial charge >= 0.3 is 5.97 Å². The summed E-state index contributed by atoms with van der Waals surface area (Å²) in [6, 6.07) is 13.0. The van der Waals surface area contributed by atoms with E-state index in [1.807, 2.05) is 56.3 Å². The maximum absolute atomic E-state index is 13.3. The Morgan fingerprint density at radius 1 is 1.00 bits per heavy atom. The Hall–Kier alpha value is -2.48. The van der Waals surface area contributed by atoms with Crippen molar-refractivity contribution < 1.29 is 23.8 Å². The maximum Gasteiger partial charge on any atom is 0.308 e. The molecule has 32 heavy (non-hydrogen) atoms. The standard InChI is InChI=1S/C25H36N2O5/c1-6-30-23(31-7-2)17-27(24(29)21(26)15-22(28)32-25(3,4)5)16-19-13-10-12-18-11-8-9-14-20(18)19/h8-14,21,23H,6-7,15-17,26H2,1-5H3. The van der Waals surface area contributed by atoms with E-state index in [4.69, 9.17) is 19.9 Å². The minimum Gasteiger partial charge on any atom is -0.460 e. The van der Waals surface area contributed by atoms with E-state index in [0.29, 0.717) is 19.8 Å². The molecule has 0 aliphatic carbocycles. The lowest BCUT2D eigenvalue weighted by atomic mass is 10.0. The quantitative estimate of drug-likeness (QED) is 0.420. The van der Waals surface area contributed by atoms with Crippen LogP contribution in [0.3, 0.4) is 0 Å². The van der Waals surface area contributed by atoms with Gasteiger partial charge in [0.2, 0.25) is 5.91 Å². The number of esters is 1. The van der Waals surface area contributed by atoms with Crippen LogP contribution in [-0.2, 0) is 30.3 Å². The minimum absolute atomic E-state index is 0.198. The second kappa shape index (κ2) is 11.9. The summed E-state index contributed by atoms with van der Waals surface area (Å²) < 4.78 is 16.7. The van der Waals surface area contributed by atoms with Gasteiger partial charge in [-0.2, -0.15) is 0 Å². The summed E-state index contributed by atoms with van der Waals surface area (Å²) in [5, 5.41) is 2.14. The van der Waals surface area contributed by atoms with E-state index in [2.05, 4.69) is 0 Å². The zero-order valence-electron chi connectivity index (χ0n) is 19.8. The summed E-state index contributed by atoms with van der Waals surface area (Å²) >= 11 is 0. The average Bonchev–Trinajstić information content (AvgIpc) is 2.71. The summed E-state index contributed by atoms with van der Waals surface area (Å²) in [7, 11) is 0. The first-order chi connectivity index (χ1) is 15.1. The molecule has 2 aromatic rings. The predicted molar refractivity (Wildman–Crippen MR) is 125 cm³/mol. The Morgan fingerprint density at radius 3 is 2.25 bits per heavy atom. The van der Waals surface area contributed by atoms with Crippen LogP contribution >= 0.6 is 0 Å². The van der Waals surface area contributed by atoms with Crippen LogP contribution in [0.5, 0.6) is 0 Å². The van der Waals surface area contributed by atoms with Crippen molar-refractivity contribution in [2.45, 2.75) is 65.5 Å². The van der Waals surface area contributed by atoms with E-state index in [0.717, 1.165) is 16.3 Å². The number of hydrogen-bond acceptors (Lipinski definition) is 6. The van der Waals surface area contributed by atoms with E-state index in [-0.39, 0.29) is 18.9 Å². The first kappa shape index (κ1) is 25.8. The number of fused-ring (bicyclic) bond motifs is 1. The fourth-order valence-corrected chi connectivity index (χ4v) is 3.46. The van der Waals surface area contributed by atoms with Gasteiger partial charge in [0.05, 0.1) is 19.0 Å². The summed E-state index contributed by atoms with van der Waals surface area (Å²) in [4.78, 5) is 27.1. The number of amides is 1. The number of nitrogens with zero attached hydrogens (tertiary/aromatic N) is 1. The molecule has 0 aliphatic rings. The van der Waals surface area contributed by atoms with Gasteiger partial charge in [-0.15, -0.1) is 0 Å². The van der Waals surface area contributed by atoms with Crippen LogP contribution in [0.15, 0.2) is 42.5 Å². The lowest BCUT2D eigenvalue weighted by Gasteiger charge is -2.30. The van der Waals surface area contributed by atoms with Gasteiger partial charge < -0.3 is 24.8 Å². The predicted octanol–water partition coefficient (Wildman–Crippen LogP) is 3.63. The molecule has 0 saturated carbocycles. The lowest BCUT2D eigenvalue weighted by Crippen LogP contribution is -2.48. The average molecular weight is 445 g/mol. The summed E-state index contributed by atoms with van der Waals surface area (Å²) in [6.45, 7) is 10.5. The molecule has 7 nitrogen and oxygen atoms in total. The van der Waals surface area contributed by atoms with Crippen molar-refractivity contribution in [3.05, 3.63) is 48.0 Å². The summed E-state index contributed by atoms with van der Waals surface area (Å²) in [5.41, 5.74) is 6.49. The zero-order chi connectivity index (χ0) is 23.7. The second-order valence-electron chi connectivity index (χ2n) is 8.59. The SMILES string of the molecule is CCOC(CN(Cc1cccc2ccccc12)C(=O)C(N)CC(=O)OC(C)(C)C)OCC. The minimum atomic E-state index is -1.02. The van der Waals surface area contributed by atoms with Crippen LogP contribution < -0.4 is 5.73 Å². The van der Waals surface area contributed by atoms with Crippen molar-refractivity contribution in [3.8, 4) is 0 Å². The van der Waals surface area contributed by atoms with Gasteiger partial charge in [0.25, 0.3) is 0 Å². The Morgan fingerprint density at radius 2 is 1.62 bits per heavy atom. The van der Waals surface area contributed by atoms with Gasteiger partial charge in [0, 0.05) is 19.8 Å². The van der Waals surface area contributed by atoms with Crippen LogP contribution in [-0.4, -0.2) is 54.5 Å². The molecule has 0 aliphatic heterocycles. The van der Waals surface area contributed by atoms with Gasteiger partial charge in [-0.1, -0.05) is 42.5 Å². The first-order valence-electron chi connectivity index (χ1n) is 11.1. The third-order valence-electron chi connectivity index (χ3n) is 4.75. The van der Waals surface area contributed by atoms with Crippen molar-refractivity contribution in [2.75, 3.05) is 19.8 Å². The molecular weight excluding hydrogens is 408 g/mol. The molecule has 1 amide bonds. The largest absolute Gasteiger partial charge is 0.460 e. The molecule has 176 valence electrons. The molecule has 0 bridgehead atoms. The van der Waals surface area contributed by atoms with Crippen molar-refractivity contribution in [1.82, 2.24) is 4.90 Å². The van der Waals surface area contributed by atoms with Crippen molar-refractivity contribution >= 4 is 22.6 Å². The fourth-order valence-electron chi connectivity index (χ4n) is 3.46. The Balaban J connectivity index is 2.26. The molecule has 2 rings (SSSR count). The van der Waals surface area contributed by atoms with Crippen molar-refractivity contribution in [2.24, 2.45) is 5.73 Å². The molecule has 0 fully saturated rings. The topological polar surface area (TPSA) is 91.1 Å². The number of benzene rings is 2. The highest BCUT2D eigenvalue weighted by molar-refractivity contribution is 5.88. The Bertz CT molecular complexity index is 882. The molecule has 1 atom stereocenters. The third kappa shape index (κ3) is 7.89. The van der Waals surface area contributed by atoms with Gasteiger partial charge in [0.15, 0.2) is 6.29 Å². The number of rotatable bonds is 11. The van der Waals surface area contributed by atoms with E-state index in [1.165, 1.54) is 0 Å². The molecule has 2 N–H and O–H groups in total. The molecule has 0 radical (unpaired) electrons. The normalized spacial score (nSPS) is 12.7. The fraction of sp³-hybridized carbons (Fsp3) is 0.520. The number of carbonyl (C=O) groups excluding carboxylic acids is 2. The van der Waals surface area contributed by atoms with E-state index < -0.39 is 23.9 Å². The molecule has 7 heteroatoms. The smallest absolute Gasteiger partial charge is 0.308 e. The molecule has 2 aromatic carbocycles. The first-order valence-corrected chi connectivity index (χ1v) is 11.1. The number of carbonyl (C=O) groups is 2. The highest BCUT2D eigenvalue weighted by Gasteiger charge is 2.28. The lowest BCUT2D eigenvalue weighted by molar-refractivity contribution is -0.163. The zero-order valence-corrected chi connectivity index (χ0v) is 19.8. The van der Waals surface area contributed by atoms with Crippen LogP contribution in [0.1, 0.15) is 46.6 Å². The molecule has 0 saturated heterocycles. The van der Waals surface area contributed by atoms with Gasteiger partial charge in [-0.05, 0) is 51.0 Å². The van der Waals surface area contributed by atoms with E-state index >= 15 is 0 Å².